The molecule has 0 amide bonds. The van der Waals surface area contributed by atoms with Gasteiger partial charge in [0.25, 0.3) is 0 Å². The second kappa shape index (κ2) is 6.63. The zero-order chi connectivity index (χ0) is 18.0. The van der Waals surface area contributed by atoms with Gasteiger partial charge in [0, 0.05) is 17.0 Å². The fraction of sp³-hybridized carbons (Fsp3) is 0.211. The Morgan fingerprint density at radius 1 is 1.04 bits per heavy atom. The summed E-state index contributed by atoms with van der Waals surface area (Å²) in [5.74, 6) is 0. The summed E-state index contributed by atoms with van der Waals surface area (Å²) in [4.78, 5) is 0. The first-order valence-corrected chi connectivity index (χ1v) is 7.85. The van der Waals surface area contributed by atoms with E-state index in [4.69, 9.17) is 0 Å². The number of hydrogen-bond acceptors (Lipinski definition) is 2. The number of aromatic nitrogens is 1. The molecule has 0 atom stereocenters. The fourth-order valence-electron chi connectivity index (χ4n) is 2.82. The molecule has 0 unspecified atom stereocenters. The van der Waals surface area contributed by atoms with Gasteiger partial charge in [-0.3, -0.25) is 5.43 Å². The second-order valence-electron chi connectivity index (χ2n) is 5.96. The molecule has 1 aromatic heterocycles. The van der Waals surface area contributed by atoms with Gasteiger partial charge in [0.15, 0.2) is 0 Å². The van der Waals surface area contributed by atoms with Crippen LogP contribution in [-0.4, -0.2) is 17.0 Å². The summed E-state index contributed by atoms with van der Waals surface area (Å²) in [5.41, 5.74) is 5.51. The van der Waals surface area contributed by atoms with Crippen molar-refractivity contribution in [3.63, 3.8) is 0 Å². The Balaban J connectivity index is 1.76. The van der Waals surface area contributed by atoms with Crippen LogP contribution in [0.4, 0.5) is 18.9 Å². The standard InChI is InChI=1S/C19H18F3N3/c1-13-9-17(14(2)25(13)12-19(20,21)22)11-23-24-18-8-7-15-5-3-4-6-16(15)10-18/h3-11,24H,12H2,1-2H3/b23-11+. The van der Waals surface area contributed by atoms with Crippen molar-refractivity contribution in [3.8, 4) is 0 Å². The maximum absolute atomic E-state index is 12.6. The number of alkyl halides is 3. The Labute approximate surface area is 143 Å². The van der Waals surface area contributed by atoms with Crippen molar-refractivity contribution >= 4 is 22.7 Å². The molecule has 0 fully saturated rings. The van der Waals surface area contributed by atoms with Crippen LogP contribution < -0.4 is 5.43 Å². The van der Waals surface area contributed by atoms with Crippen LogP contribution in [0, 0.1) is 13.8 Å². The van der Waals surface area contributed by atoms with Gasteiger partial charge in [-0.05, 0) is 42.8 Å². The molecule has 1 heterocycles. The van der Waals surface area contributed by atoms with Crippen molar-refractivity contribution in [1.82, 2.24) is 4.57 Å². The maximum Gasteiger partial charge on any atom is 0.406 e. The number of halogens is 3. The van der Waals surface area contributed by atoms with Crippen LogP contribution in [0.5, 0.6) is 0 Å². The van der Waals surface area contributed by atoms with Crippen LogP contribution in [0.2, 0.25) is 0 Å². The van der Waals surface area contributed by atoms with Crippen molar-refractivity contribution in [2.45, 2.75) is 26.6 Å². The Morgan fingerprint density at radius 2 is 1.76 bits per heavy atom. The van der Waals surface area contributed by atoms with Crippen LogP contribution in [0.15, 0.2) is 53.6 Å². The molecule has 0 aliphatic heterocycles. The molecule has 1 N–H and O–H groups in total. The second-order valence-corrected chi connectivity index (χ2v) is 5.96. The zero-order valence-electron chi connectivity index (χ0n) is 13.9. The van der Waals surface area contributed by atoms with Gasteiger partial charge in [-0.25, -0.2) is 0 Å². The Hall–Kier alpha value is -2.76. The number of aryl methyl sites for hydroxylation is 1. The highest BCUT2D eigenvalue weighted by atomic mass is 19.4. The van der Waals surface area contributed by atoms with Crippen LogP contribution in [0.1, 0.15) is 17.0 Å². The summed E-state index contributed by atoms with van der Waals surface area (Å²) in [7, 11) is 0. The van der Waals surface area contributed by atoms with Crippen molar-refractivity contribution in [1.29, 1.82) is 0 Å². The average molecular weight is 345 g/mol. The summed E-state index contributed by atoms with van der Waals surface area (Å²) in [5, 5.41) is 6.38. The first-order valence-electron chi connectivity index (χ1n) is 7.85. The van der Waals surface area contributed by atoms with E-state index < -0.39 is 12.7 Å². The molecule has 130 valence electrons. The molecule has 0 saturated carbocycles. The van der Waals surface area contributed by atoms with Crippen molar-refractivity contribution < 1.29 is 13.2 Å². The fourth-order valence-corrected chi connectivity index (χ4v) is 2.82. The summed E-state index contributed by atoms with van der Waals surface area (Å²) in [6.07, 6.45) is -2.70. The van der Waals surface area contributed by atoms with Gasteiger partial charge in [-0.2, -0.15) is 18.3 Å². The molecule has 0 spiro atoms. The Morgan fingerprint density at radius 3 is 2.48 bits per heavy atom. The number of nitrogens with one attached hydrogen (secondary N) is 1. The quantitative estimate of drug-likeness (QED) is 0.507. The minimum atomic E-state index is -4.24. The lowest BCUT2D eigenvalue weighted by Crippen LogP contribution is -2.19. The normalized spacial score (nSPS) is 12.2. The van der Waals surface area contributed by atoms with E-state index >= 15 is 0 Å². The molecule has 25 heavy (non-hydrogen) atoms. The molecule has 2 aromatic carbocycles. The zero-order valence-corrected chi connectivity index (χ0v) is 13.9. The Bertz CT molecular complexity index is 923. The third-order valence-electron chi connectivity index (χ3n) is 4.10. The van der Waals surface area contributed by atoms with E-state index in [2.05, 4.69) is 10.5 Å². The molecule has 0 bridgehead atoms. The summed E-state index contributed by atoms with van der Waals surface area (Å²) in [6.45, 7) is 2.33. The first kappa shape index (κ1) is 17.1. The van der Waals surface area contributed by atoms with E-state index in [1.165, 1.54) is 4.57 Å². The molecular formula is C19H18F3N3. The highest BCUT2D eigenvalue weighted by molar-refractivity contribution is 5.86. The number of fused-ring (bicyclic) bond motifs is 1. The minimum absolute atomic E-state index is 0.541. The summed E-state index contributed by atoms with van der Waals surface area (Å²) < 4.78 is 39.2. The molecule has 6 heteroatoms. The summed E-state index contributed by atoms with van der Waals surface area (Å²) in [6, 6.07) is 15.5. The SMILES string of the molecule is Cc1cc(/C=N/Nc2ccc3ccccc3c2)c(C)n1CC(F)(F)F. The predicted molar refractivity (Wildman–Crippen MR) is 95.1 cm³/mol. The molecule has 0 aliphatic rings. The van der Waals surface area contributed by atoms with Gasteiger partial charge in [-0.1, -0.05) is 30.3 Å². The molecule has 0 saturated heterocycles. The highest BCUT2D eigenvalue weighted by Crippen LogP contribution is 2.23. The van der Waals surface area contributed by atoms with Crippen LogP contribution in [0.25, 0.3) is 10.8 Å². The van der Waals surface area contributed by atoms with E-state index in [0.29, 0.717) is 17.0 Å². The lowest BCUT2D eigenvalue weighted by molar-refractivity contribution is -0.141. The Kier molecular flexibility index (Phi) is 4.53. The van der Waals surface area contributed by atoms with Crippen molar-refractivity contribution in [3.05, 3.63) is 65.5 Å². The topological polar surface area (TPSA) is 29.3 Å². The largest absolute Gasteiger partial charge is 0.406 e. The third-order valence-corrected chi connectivity index (χ3v) is 4.10. The molecule has 0 aliphatic carbocycles. The monoisotopic (exact) mass is 345 g/mol. The van der Waals surface area contributed by atoms with Gasteiger partial charge in [0.05, 0.1) is 11.9 Å². The number of anilines is 1. The number of rotatable bonds is 4. The van der Waals surface area contributed by atoms with Gasteiger partial charge in [0.2, 0.25) is 0 Å². The van der Waals surface area contributed by atoms with Gasteiger partial charge in [0.1, 0.15) is 6.54 Å². The average Bonchev–Trinajstić information content (AvgIpc) is 2.81. The van der Waals surface area contributed by atoms with Crippen LogP contribution in [-0.2, 0) is 6.54 Å². The van der Waals surface area contributed by atoms with Gasteiger partial charge >= 0.3 is 6.18 Å². The molecule has 3 rings (SSSR count). The number of hydrogen-bond donors (Lipinski definition) is 1. The van der Waals surface area contributed by atoms with Crippen LogP contribution in [0.3, 0.4) is 0 Å². The number of nitrogens with zero attached hydrogens (tertiary/aromatic N) is 2. The predicted octanol–water partition coefficient (Wildman–Crippen LogP) is 5.27. The first-order chi connectivity index (χ1) is 11.8. The molecule has 3 aromatic rings. The lowest BCUT2D eigenvalue weighted by atomic mass is 10.1. The molecule has 0 radical (unpaired) electrons. The minimum Gasteiger partial charge on any atom is -0.339 e. The molecular weight excluding hydrogens is 327 g/mol. The van der Waals surface area contributed by atoms with E-state index in [9.17, 15) is 13.2 Å². The maximum atomic E-state index is 12.6. The summed E-state index contributed by atoms with van der Waals surface area (Å²) >= 11 is 0. The smallest absolute Gasteiger partial charge is 0.339 e. The van der Waals surface area contributed by atoms with E-state index in [0.717, 1.165) is 16.5 Å². The number of benzene rings is 2. The van der Waals surface area contributed by atoms with E-state index in [-0.39, 0.29) is 0 Å². The van der Waals surface area contributed by atoms with Gasteiger partial charge in [-0.15, -0.1) is 0 Å². The van der Waals surface area contributed by atoms with Crippen molar-refractivity contribution in [2.75, 3.05) is 5.43 Å². The van der Waals surface area contributed by atoms with E-state index in [1.54, 1.807) is 26.1 Å². The van der Waals surface area contributed by atoms with Gasteiger partial charge < -0.3 is 4.57 Å². The lowest BCUT2D eigenvalue weighted by Gasteiger charge is -2.12. The van der Waals surface area contributed by atoms with Crippen molar-refractivity contribution in [2.24, 2.45) is 5.10 Å². The van der Waals surface area contributed by atoms with E-state index in [1.807, 2.05) is 42.5 Å². The third kappa shape index (κ3) is 4.02. The van der Waals surface area contributed by atoms with Crippen LogP contribution >= 0.6 is 0 Å². The number of hydrazone groups is 1. The highest BCUT2D eigenvalue weighted by Gasteiger charge is 2.29. The molecule has 3 nitrogen and oxygen atoms in total.